The molecule has 3 aromatic rings. The molecular formula is C25H31N5S. The second kappa shape index (κ2) is 8.81. The molecule has 0 radical (unpaired) electrons. The first kappa shape index (κ1) is 21.5. The summed E-state index contributed by atoms with van der Waals surface area (Å²) >= 11 is 5.80. The van der Waals surface area contributed by atoms with Crippen LogP contribution in [0.25, 0.3) is 5.69 Å². The number of nitrogens with one attached hydrogen (secondary N) is 1. The van der Waals surface area contributed by atoms with E-state index in [1.165, 1.54) is 28.2 Å². The average Bonchev–Trinajstić information content (AvgIpc) is 3.22. The van der Waals surface area contributed by atoms with Crippen molar-refractivity contribution >= 4 is 17.3 Å². The number of rotatable bonds is 6. The molecular weight excluding hydrogens is 402 g/mol. The normalized spacial score (nSPS) is 18.6. The Bertz CT molecular complexity index is 1070. The number of hydrogen-bond acceptors (Lipinski definition) is 3. The Morgan fingerprint density at radius 3 is 2.55 bits per heavy atom. The first-order valence-electron chi connectivity index (χ1n) is 10.8. The Morgan fingerprint density at radius 2 is 1.87 bits per heavy atom. The number of aromatic nitrogens is 2. The van der Waals surface area contributed by atoms with Crippen LogP contribution in [0.1, 0.15) is 40.3 Å². The van der Waals surface area contributed by atoms with E-state index in [1.54, 1.807) is 0 Å². The Balaban J connectivity index is 1.81. The van der Waals surface area contributed by atoms with E-state index in [4.69, 9.17) is 12.2 Å². The van der Waals surface area contributed by atoms with Gasteiger partial charge < -0.3 is 19.7 Å². The van der Waals surface area contributed by atoms with Crippen molar-refractivity contribution in [3.63, 3.8) is 0 Å². The molecule has 1 aromatic carbocycles. The molecule has 3 heterocycles. The summed E-state index contributed by atoms with van der Waals surface area (Å²) in [5.74, 6) is 0. The van der Waals surface area contributed by atoms with Gasteiger partial charge in [-0.1, -0.05) is 18.2 Å². The molecule has 1 aliphatic heterocycles. The van der Waals surface area contributed by atoms with Gasteiger partial charge >= 0.3 is 0 Å². The highest BCUT2D eigenvalue weighted by Gasteiger charge is 2.41. The predicted molar refractivity (Wildman–Crippen MR) is 131 cm³/mol. The van der Waals surface area contributed by atoms with Gasteiger partial charge in [0.15, 0.2) is 5.11 Å². The van der Waals surface area contributed by atoms with Crippen molar-refractivity contribution in [2.75, 3.05) is 27.2 Å². The first-order chi connectivity index (χ1) is 14.9. The topological polar surface area (TPSA) is 36.3 Å². The number of aryl methyl sites for hydroxylation is 2. The van der Waals surface area contributed by atoms with Gasteiger partial charge in [-0.3, -0.25) is 4.98 Å². The van der Waals surface area contributed by atoms with E-state index in [-0.39, 0.29) is 12.1 Å². The lowest BCUT2D eigenvalue weighted by Crippen LogP contribution is -2.35. The molecule has 5 nitrogen and oxygen atoms in total. The smallest absolute Gasteiger partial charge is 0.170 e. The van der Waals surface area contributed by atoms with Crippen molar-refractivity contribution in [3.8, 4) is 5.69 Å². The van der Waals surface area contributed by atoms with Crippen LogP contribution in [-0.2, 0) is 0 Å². The van der Waals surface area contributed by atoms with Crippen LogP contribution in [0, 0.1) is 20.8 Å². The fraction of sp³-hybridized carbons (Fsp3) is 0.360. The van der Waals surface area contributed by atoms with E-state index >= 15 is 0 Å². The largest absolute Gasteiger partial charge is 0.352 e. The molecule has 31 heavy (non-hydrogen) atoms. The summed E-state index contributed by atoms with van der Waals surface area (Å²) in [6.07, 6.45) is 1.86. The van der Waals surface area contributed by atoms with E-state index < -0.39 is 0 Å². The number of hydrogen-bond donors (Lipinski definition) is 1. The summed E-state index contributed by atoms with van der Waals surface area (Å²) in [5, 5.41) is 4.36. The standard InChI is InChI=1S/C25H31N5S/c1-17-9-8-10-20(15-17)30-18(2)16-21(19(30)3)24-23(22-11-6-7-12-26-22)27-25(31)29(24)14-13-28(4)5/h6-12,15-16,23-24H,13-14H2,1-5H3,(H,27,31)/t23-,24-/m1/s1. The third kappa shape index (κ3) is 4.23. The zero-order valence-electron chi connectivity index (χ0n) is 19.0. The second-order valence-electron chi connectivity index (χ2n) is 8.62. The summed E-state index contributed by atoms with van der Waals surface area (Å²) in [6.45, 7) is 8.33. The van der Waals surface area contributed by atoms with Crippen molar-refractivity contribution in [2.24, 2.45) is 0 Å². The number of nitrogens with zero attached hydrogens (tertiary/aromatic N) is 4. The molecule has 0 unspecified atom stereocenters. The van der Waals surface area contributed by atoms with Crippen LogP contribution in [0.3, 0.4) is 0 Å². The lowest BCUT2D eigenvalue weighted by molar-refractivity contribution is 0.277. The van der Waals surface area contributed by atoms with Gasteiger partial charge in [-0.05, 0) is 88.5 Å². The monoisotopic (exact) mass is 433 g/mol. The lowest BCUT2D eigenvalue weighted by atomic mass is 9.96. The molecule has 0 aliphatic carbocycles. The highest BCUT2D eigenvalue weighted by Crippen LogP contribution is 2.41. The number of thiocarbonyl (C=S) groups is 1. The Hall–Kier alpha value is -2.70. The van der Waals surface area contributed by atoms with E-state index in [0.717, 1.165) is 23.9 Å². The van der Waals surface area contributed by atoms with E-state index in [1.807, 2.05) is 18.3 Å². The van der Waals surface area contributed by atoms with Gasteiger partial charge in [-0.25, -0.2) is 0 Å². The van der Waals surface area contributed by atoms with Gasteiger partial charge in [-0.2, -0.15) is 0 Å². The van der Waals surface area contributed by atoms with Crippen LogP contribution in [-0.4, -0.2) is 51.6 Å². The molecule has 2 aromatic heterocycles. The Kier molecular flexibility index (Phi) is 6.12. The zero-order valence-corrected chi connectivity index (χ0v) is 19.8. The molecule has 0 bridgehead atoms. The van der Waals surface area contributed by atoms with Crippen molar-refractivity contribution < 1.29 is 0 Å². The number of likely N-dealkylation sites (N-methyl/N-ethyl adjacent to an activating group) is 1. The molecule has 6 heteroatoms. The van der Waals surface area contributed by atoms with E-state index in [0.29, 0.717) is 0 Å². The maximum absolute atomic E-state index is 5.80. The van der Waals surface area contributed by atoms with Gasteiger partial charge in [-0.15, -0.1) is 0 Å². The van der Waals surface area contributed by atoms with Crippen LogP contribution >= 0.6 is 12.2 Å². The van der Waals surface area contributed by atoms with Crippen molar-refractivity contribution in [3.05, 3.63) is 82.9 Å². The van der Waals surface area contributed by atoms with Crippen LogP contribution < -0.4 is 5.32 Å². The predicted octanol–water partition coefficient (Wildman–Crippen LogP) is 4.33. The molecule has 1 fully saturated rings. The van der Waals surface area contributed by atoms with Gasteiger partial charge in [0.2, 0.25) is 0 Å². The molecule has 1 saturated heterocycles. The van der Waals surface area contributed by atoms with Crippen LogP contribution in [0.2, 0.25) is 0 Å². The number of benzene rings is 1. The van der Waals surface area contributed by atoms with E-state index in [9.17, 15) is 0 Å². The molecule has 0 spiro atoms. The van der Waals surface area contributed by atoms with Crippen molar-refractivity contribution in [2.45, 2.75) is 32.9 Å². The lowest BCUT2D eigenvalue weighted by Gasteiger charge is -2.29. The molecule has 0 amide bonds. The fourth-order valence-electron chi connectivity index (χ4n) is 4.54. The molecule has 1 N–H and O–H groups in total. The summed E-state index contributed by atoms with van der Waals surface area (Å²) in [7, 11) is 4.20. The quantitative estimate of drug-likeness (QED) is 0.586. The van der Waals surface area contributed by atoms with Crippen LogP contribution in [0.4, 0.5) is 0 Å². The summed E-state index contributed by atoms with van der Waals surface area (Å²) in [4.78, 5) is 9.19. The van der Waals surface area contributed by atoms with Gasteiger partial charge in [0.1, 0.15) is 0 Å². The minimum Gasteiger partial charge on any atom is -0.352 e. The first-order valence-corrected chi connectivity index (χ1v) is 11.2. The summed E-state index contributed by atoms with van der Waals surface area (Å²) in [5.41, 5.74) is 7.24. The zero-order chi connectivity index (χ0) is 22.1. The fourth-order valence-corrected chi connectivity index (χ4v) is 4.88. The third-order valence-corrected chi connectivity index (χ3v) is 6.39. The molecule has 162 valence electrons. The second-order valence-corrected chi connectivity index (χ2v) is 9.01. The maximum Gasteiger partial charge on any atom is 0.170 e. The van der Waals surface area contributed by atoms with Crippen molar-refractivity contribution in [1.29, 1.82) is 0 Å². The van der Waals surface area contributed by atoms with E-state index in [2.05, 4.69) is 95.9 Å². The Morgan fingerprint density at radius 1 is 1.06 bits per heavy atom. The number of pyridine rings is 1. The Labute approximate surface area is 190 Å². The summed E-state index contributed by atoms with van der Waals surface area (Å²) < 4.78 is 2.35. The van der Waals surface area contributed by atoms with Gasteiger partial charge in [0.25, 0.3) is 0 Å². The van der Waals surface area contributed by atoms with Crippen LogP contribution in [0.15, 0.2) is 54.7 Å². The average molecular weight is 434 g/mol. The molecule has 1 aliphatic rings. The third-order valence-electron chi connectivity index (χ3n) is 6.03. The molecule has 4 rings (SSSR count). The SMILES string of the molecule is Cc1cccc(-n2c(C)cc([C@@H]3[C@@H](c4ccccn4)NC(=S)N3CCN(C)C)c2C)c1. The molecule has 0 saturated carbocycles. The minimum absolute atomic E-state index is 0.0160. The minimum atomic E-state index is 0.0160. The highest BCUT2D eigenvalue weighted by atomic mass is 32.1. The maximum atomic E-state index is 5.80. The van der Waals surface area contributed by atoms with Gasteiger partial charge in [0, 0.05) is 36.4 Å². The molecule has 2 atom stereocenters. The van der Waals surface area contributed by atoms with Crippen LogP contribution in [0.5, 0.6) is 0 Å². The highest BCUT2D eigenvalue weighted by molar-refractivity contribution is 7.80. The summed E-state index contributed by atoms with van der Waals surface area (Å²) in [6, 6.07) is 17.2. The van der Waals surface area contributed by atoms with Gasteiger partial charge in [0.05, 0.1) is 17.8 Å². The van der Waals surface area contributed by atoms with Crippen molar-refractivity contribution in [1.82, 2.24) is 24.7 Å².